The topological polar surface area (TPSA) is 103 Å². The fraction of sp³-hybridized carbons (Fsp3) is 0.148. The summed E-state index contributed by atoms with van der Waals surface area (Å²) < 4.78 is 23.4. The molecule has 3 aromatic rings. The van der Waals surface area contributed by atoms with E-state index in [1.54, 1.807) is 24.3 Å². The molecule has 1 saturated heterocycles. The van der Waals surface area contributed by atoms with Gasteiger partial charge in [-0.1, -0.05) is 17.7 Å². The van der Waals surface area contributed by atoms with Gasteiger partial charge in [0.1, 0.15) is 12.2 Å². The molecule has 0 radical (unpaired) electrons. The quantitative estimate of drug-likeness (QED) is 0.211. The summed E-state index contributed by atoms with van der Waals surface area (Å²) in [5.74, 6) is 0.771. The minimum absolute atomic E-state index is 0.190. The summed E-state index contributed by atoms with van der Waals surface area (Å²) in [4.78, 5) is 39.1. The molecule has 0 unspecified atom stereocenters. The zero-order valence-electron chi connectivity index (χ0n) is 20.0. The highest BCUT2D eigenvalue weighted by Gasteiger charge is 2.36. The van der Waals surface area contributed by atoms with E-state index in [1.165, 1.54) is 18.2 Å². The van der Waals surface area contributed by atoms with Crippen LogP contribution in [0.15, 0.2) is 60.2 Å². The summed E-state index contributed by atoms with van der Waals surface area (Å²) in [5, 5.41) is 2.66. The maximum absolute atomic E-state index is 13.2. The van der Waals surface area contributed by atoms with Gasteiger partial charge in [0.25, 0.3) is 11.8 Å². The van der Waals surface area contributed by atoms with E-state index in [9.17, 15) is 14.4 Å². The molecule has 0 bridgehead atoms. The molecule has 2 aliphatic heterocycles. The van der Waals surface area contributed by atoms with Crippen molar-refractivity contribution >= 4 is 63.8 Å². The van der Waals surface area contributed by atoms with E-state index in [-0.39, 0.29) is 24.7 Å². The lowest BCUT2D eigenvalue weighted by molar-refractivity contribution is -0.122. The molecule has 4 amide bonds. The van der Waals surface area contributed by atoms with Crippen molar-refractivity contribution < 1.29 is 33.3 Å². The zero-order valence-corrected chi connectivity index (χ0v) is 22.9. The molecule has 2 heterocycles. The number of halogens is 2. The molecule has 9 nitrogen and oxygen atoms in total. The van der Waals surface area contributed by atoms with Gasteiger partial charge in [0.2, 0.25) is 6.79 Å². The van der Waals surface area contributed by atoms with Gasteiger partial charge in [-0.25, -0.2) is 9.69 Å². The summed E-state index contributed by atoms with van der Waals surface area (Å²) in [6.07, 6.45) is 1.42. The van der Waals surface area contributed by atoms with Crippen LogP contribution in [0.2, 0.25) is 5.02 Å². The number of barbiturate groups is 1. The number of hydrogen-bond donors (Lipinski definition) is 1. The highest BCUT2D eigenvalue weighted by Crippen LogP contribution is 2.37. The number of nitrogens with one attached hydrogen (secondary N) is 1. The first kappa shape index (κ1) is 25.9. The van der Waals surface area contributed by atoms with Crippen LogP contribution in [0.25, 0.3) is 6.08 Å². The number of benzene rings is 3. The first-order valence-corrected chi connectivity index (χ1v) is 12.9. The van der Waals surface area contributed by atoms with Crippen LogP contribution in [-0.2, 0) is 16.2 Å². The molecule has 194 valence electrons. The molecular weight excluding hydrogens is 627 g/mol. The minimum Gasteiger partial charge on any atom is -0.490 e. The Balaban J connectivity index is 1.42. The Kier molecular flexibility index (Phi) is 7.43. The second kappa shape index (κ2) is 10.9. The highest BCUT2D eigenvalue weighted by atomic mass is 127. The molecule has 2 aliphatic rings. The van der Waals surface area contributed by atoms with Gasteiger partial charge in [-0.05, 0) is 95.2 Å². The normalized spacial score (nSPS) is 15.6. The maximum atomic E-state index is 13.2. The van der Waals surface area contributed by atoms with Crippen molar-refractivity contribution in [1.82, 2.24) is 5.32 Å². The van der Waals surface area contributed by atoms with E-state index in [0.29, 0.717) is 43.8 Å². The van der Waals surface area contributed by atoms with Crippen LogP contribution < -0.4 is 29.2 Å². The number of imide groups is 2. The molecule has 5 rings (SSSR count). The highest BCUT2D eigenvalue weighted by molar-refractivity contribution is 14.1. The van der Waals surface area contributed by atoms with Crippen LogP contribution in [0, 0.1) is 3.57 Å². The van der Waals surface area contributed by atoms with Crippen molar-refractivity contribution in [1.29, 1.82) is 0 Å². The average molecular weight is 647 g/mol. The number of anilines is 1. The van der Waals surface area contributed by atoms with Gasteiger partial charge in [0.15, 0.2) is 23.0 Å². The number of fused-ring (bicyclic) bond motifs is 1. The predicted octanol–water partition coefficient (Wildman–Crippen LogP) is 5.32. The molecule has 1 fully saturated rings. The molecule has 11 heteroatoms. The fourth-order valence-electron chi connectivity index (χ4n) is 3.91. The number of rotatable bonds is 7. The molecule has 38 heavy (non-hydrogen) atoms. The Bertz CT molecular complexity index is 1470. The van der Waals surface area contributed by atoms with Crippen LogP contribution in [0.3, 0.4) is 0 Å². The van der Waals surface area contributed by atoms with Crippen molar-refractivity contribution in [3.05, 3.63) is 79.9 Å². The summed E-state index contributed by atoms with van der Waals surface area (Å²) in [6.45, 7) is 2.66. The Morgan fingerprint density at radius 2 is 1.79 bits per heavy atom. The number of hydrogen-bond acceptors (Lipinski definition) is 7. The molecule has 0 aliphatic carbocycles. The van der Waals surface area contributed by atoms with E-state index >= 15 is 0 Å². The van der Waals surface area contributed by atoms with Crippen molar-refractivity contribution in [2.45, 2.75) is 13.5 Å². The van der Waals surface area contributed by atoms with Gasteiger partial charge in [-0.15, -0.1) is 0 Å². The Hall–Kier alpha value is -3.77. The lowest BCUT2D eigenvalue weighted by Gasteiger charge is -2.26. The molecule has 0 aromatic heterocycles. The number of carbonyl (C=O) groups is 3. The van der Waals surface area contributed by atoms with Gasteiger partial charge in [-0.2, -0.15) is 0 Å². The summed E-state index contributed by atoms with van der Waals surface area (Å²) in [7, 11) is 0. The third kappa shape index (κ3) is 5.27. The first-order chi connectivity index (χ1) is 18.3. The molecule has 0 saturated carbocycles. The molecule has 0 spiro atoms. The van der Waals surface area contributed by atoms with Gasteiger partial charge < -0.3 is 18.9 Å². The van der Waals surface area contributed by atoms with Crippen molar-refractivity contribution in [3.63, 3.8) is 0 Å². The molecular formula is C27H20ClIN2O7. The SMILES string of the molecule is CCOc1cc(/C=C2\C(=O)NC(=O)N(c3ccc(Cl)cc3)C2=O)cc(I)c1OCc1ccc2c(c1)OCO2. The molecule has 0 atom stereocenters. The number of urea groups is 1. The Morgan fingerprint density at radius 1 is 1.03 bits per heavy atom. The van der Waals surface area contributed by atoms with Gasteiger partial charge in [-0.3, -0.25) is 14.9 Å². The summed E-state index contributed by atoms with van der Waals surface area (Å²) in [6, 6.07) is 14.3. The Morgan fingerprint density at radius 3 is 2.55 bits per heavy atom. The second-order valence-electron chi connectivity index (χ2n) is 8.17. The van der Waals surface area contributed by atoms with Crippen molar-refractivity contribution in [2.75, 3.05) is 18.3 Å². The van der Waals surface area contributed by atoms with Crippen LogP contribution in [0.5, 0.6) is 23.0 Å². The van der Waals surface area contributed by atoms with Crippen molar-refractivity contribution in [3.8, 4) is 23.0 Å². The minimum atomic E-state index is -0.837. The van der Waals surface area contributed by atoms with Crippen molar-refractivity contribution in [2.24, 2.45) is 0 Å². The average Bonchev–Trinajstić information content (AvgIpc) is 3.35. The molecule has 3 aromatic carbocycles. The monoisotopic (exact) mass is 646 g/mol. The van der Waals surface area contributed by atoms with E-state index in [0.717, 1.165) is 10.5 Å². The van der Waals surface area contributed by atoms with E-state index in [4.69, 9.17) is 30.5 Å². The number of amides is 4. The summed E-state index contributed by atoms with van der Waals surface area (Å²) >= 11 is 8.03. The third-order valence-electron chi connectivity index (χ3n) is 5.65. The Labute approximate surface area is 236 Å². The van der Waals surface area contributed by atoms with Crippen LogP contribution in [0.4, 0.5) is 10.5 Å². The van der Waals surface area contributed by atoms with Gasteiger partial charge in [0, 0.05) is 5.02 Å². The standard InChI is InChI=1S/C27H20ClIN2O7/c1-2-35-23-12-16(10-20(29)24(23)36-13-15-3-8-21-22(11-15)38-14-37-21)9-19-25(32)30-27(34)31(26(19)33)18-6-4-17(28)5-7-18/h3-12H,2,13-14H2,1H3,(H,30,32,34)/b19-9+. The largest absolute Gasteiger partial charge is 0.490 e. The van der Waals surface area contributed by atoms with E-state index in [1.807, 2.05) is 25.1 Å². The van der Waals surface area contributed by atoms with Crippen LogP contribution >= 0.6 is 34.2 Å². The first-order valence-electron chi connectivity index (χ1n) is 11.5. The smallest absolute Gasteiger partial charge is 0.335 e. The maximum Gasteiger partial charge on any atom is 0.335 e. The number of carbonyl (C=O) groups excluding carboxylic acids is 3. The predicted molar refractivity (Wildman–Crippen MR) is 148 cm³/mol. The number of nitrogens with zero attached hydrogens (tertiary/aromatic N) is 1. The fourth-order valence-corrected chi connectivity index (χ4v) is 4.82. The second-order valence-corrected chi connectivity index (χ2v) is 9.77. The molecule has 1 N–H and O–H groups in total. The summed E-state index contributed by atoms with van der Waals surface area (Å²) in [5.41, 5.74) is 1.49. The zero-order chi connectivity index (χ0) is 26.8. The van der Waals surface area contributed by atoms with Gasteiger partial charge >= 0.3 is 6.03 Å². The lowest BCUT2D eigenvalue weighted by Crippen LogP contribution is -2.54. The van der Waals surface area contributed by atoms with E-state index in [2.05, 4.69) is 27.9 Å². The van der Waals surface area contributed by atoms with Crippen LogP contribution in [-0.4, -0.2) is 31.2 Å². The van der Waals surface area contributed by atoms with Crippen LogP contribution in [0.1, 0.15) is 18.1 Å². The third-order valence-corrected chi connectivity index (χ3v) is 6.70. The van der Waals surface area contributed by atoms with E-state index < -0.39 is 17.8 Å². The van der Waals surface area contributed by atoms with Gasteiger partial charge in [0.05, 0.1) is 15.9 Å². The number of ether oxygens (including phenoxy) is 4. The lowest BCUT2D eigenvalue weighted by atomic mass is 10.1.